The highest BCUT2D eigenvalue weighted by atomic mass is 35.5. The van der Waals surface area contributed by atoms with Gasteiger partial charge in [-0.15, -0.1) is 21.5 Å². The number of nitrogens with zero attached hydrogens (tertiary/aromatic N) is 2. The highest BCUT2D eigenvalue weighted by molar-refractivity contribution is 7.13. The maximum absolute atomic E-state index is 11.7. The molecule has 6 nitrogen and oxygen atoms in total. The van der Waals surface area contributed by atoms with Crippen molar-refractivity contribution in [1.29, 1.82) is 0 Å². The fourth-order valence-corrected chi connectivity index (χ4v) is 2.85. The van der Waals surface area contributed by atoms with Crippen LogP contribution in [0.5, 0.6) is 11.6 Å². The maximum atomic E-state index is 11.7. The molecule has 26 heavy (non-hydrogen) atoms. The molecule has 1 aromatic carbocycles. The van der Waals surface area contributed by atoms with Crippen LogP contribution in [0.2, 0.25) is 5.02 Å². The Bertz CT molecular complexity index is 824. The molecular formula is C18H16ClN3O3S. The Morgan fingerprint density at radius 1 is 1.08 bits per heavy atom. The van der Waals surface area contributed by atoms with Crippen molar-refractivity contribution in [3.05, 3.63) is 58.9 Å². The van der Waals surface area contributed by atoms with Crippen LogP contribution in [-0.4, -0.2) is 35.9 Å². The van der Waals surface area contributed by atoms with Gasteiger partial charge in [0.05, 0.1) is 11.4 Å². The SMILES string of the molecule is O=C(COc1ccc(Cl)cc1)NCCOc1ccc(-c2cccs2)nn1. The molecule has 0 saturated carbocycles. The minimum absolute atomic E-state index is 0.0725. The van der Waals surface area contributed by atoms with Gasteiger partial charge < -0.3 is 14.8 Å². The van der Waals surface area contributed by atoms with Gasteiger partial charge >= 0.3 is 0 Å². The minimum Gasteiger partial charge on any atom is -0.484 e. The van der Waals surface area contributed by atoms with Gasteiger partial charge in [0.1, 0.15) is 18.1 Å². The molecule has 0 aliphatic carbocycles. The summed E-state index contributed by atoms with van der Waals surface area (Å²) in [6.07, 6.45) is 0. The number of carbonyl (C=O) groups excluding carboxylic acids is 1. The van der Waals surface area contributed by atoms with E-state index in [1.54, 1.807) is 41.7 Å². The van der Waals surface area contributed by atoms with Crippen LogP contribution in [0, 0.1) is 0 Å². The fraction of sp³-hybridized carbons (Fsp3) is 0.167. The summed E-state index contributed by atoms with van der Waals surface area (Å²) in [7, 11) is 0. The van der Waals surface area contributed by atoms with Gasteiger partial charge in [-0.05, 0) is 41.8 Å². The van der Waals surface area contributed by atoms with Gasteiger partial charge in [-0.3, -0.25) is 4.79 Å². The Kier molecular flexibility index (Phi) is 6.40. The number of hydrogen-bond donors (Lipinski definition) is 1. The zero-order valence-electron chi connectivity index (χ0n) is 13.7. The van der Waals surface area contributed by atoms with E-state index in [9.17, 15) is 4.79 Å². The monoisotopic (exact) mass is 389 g/mol. The molecule has 0 saturated heterocycles. The summed E-state index contributed by atoms with van der Waals surface area (Å²) in [4.78, 5) is 12.8. The topological polar surface area (TPSA) is 73.3 Å². The third-order valence-corrected chi connectivity index (χ3v) is 4.42. The van der Waals surface area contributed by atoms with E-state index in [0.29, 0.717) is 29.8 Å². The molecule has 0 spiro atoms. The van der Waals surface area contributed by atoms with E-state index in [2.05, 4.69) is 15.5 Å². The summed E-state index contributed by atoms with van der Waals surface area (Å²) >= 11 is 7.39. The van der Waals surface area contributed by atoms with E-state index in [4.69, 9.17) is 21.1 Å². The first kappa shape index (κ1) is 18.2. The largest absolute Gasteiger partial charge is 0.484 e. The van der Waals surface area contributed by atoms with Gasteiger partial charge in [-0.25, -0.2) is 0 Å². The molecule has 134 valence electrons. The van der Waals surface area contributed by atoms with Crippen molar-refractivity contribution in [2.45, 2.75) is 0 Å². The van der Waals surface area contributed by atoms with Crippen molar-refractivity contribution < 1.29 is 14.3 Å². The minimum atomic E-state index is -0.234. The Labute approximate surface area is 159 Å². The van der Waals surface area contributed by atoms with Crippen molar-refractivity contribution in [1.82, 2.24) is 15.5 Å². The van der Waals surface area contributed by atoms with Crippen molar-refractivity contribution in [2.24, 2.45) is 0 Å². The Hall–Kier alpha value is -2.64. The summed E-state index contributed by atoms with van der Waals surface area (Å²) in [6, 6.07) is 14.4. The van der Waals surface area contributed by atoms with Crippen LogP contribution in [0.3, 0.4) is 0 Å². The van der Waals surface area contributed by atoms with Gasteiger partial charge in [0.25, 0.3) is 5.91 Å². The van der Waals surface area contributed by atoms with Gasteiger partial charge in [-0.2, -0.15) is 0 Å². The predicted molar refractivity (Wildman–Crippen MR) is 101 cm³/mol. The second kappa shape index (κ2) is 9.17. The van der Waals surface area contributed by atoms with E-state index in [1.165, 1.54) is 0 Å². The molecule has 3 rings (SSSR count). The smallest absolute Gasteiger partial charge is 0.258 e. The molecule has 1 amide bonds. The number of rotatable bonds is 8. The van der Waals surface area contributed by atoms with Gasteiger partial charge in [-0.1, -0.05) is 17.7 Å². The van der Waals surface area contributed by atoms with Crippen LogP contribution >= 0.6 is 22.9 Å². The number of aromatic nitrogens is 2. The Balaban J connectivity index is 1.34. The van der Waals surface area contributed by atoms with Crippen molar-refractivity contribution in [2.75, 3.05) is 19.8 Å². The molecule has 3 aromatic rings. The lowest BCUT2D eigenvalue weighted by atomic mass is 10.3. The van der Waals surface area contributed by atoms with Crippen molar-refractivity contribution in [3.63, 3.8) is 0 Å². The molecule has 0 radical (unpaired) electrons. The molecule has 8 heteroatoms. The number of thiophene rings is 1. The Morgan fingerprint density at radius 2 is 1.92 bits per heavy atom. The molecule has 0 aliphatic heterocycles. The number of benzene rings is 1. The maximum Gasteiger partial charge on any atom is 0.258 e. The van der Waals surface area contributed by atoms with Crippen LogP contribution < -0.4 is 14.8 Å². The molecular weight excluding hydrogens is 374 g/mol. The molecule has 0 atom stereocenters. The van der Waals surface area contributed by atoms with Crippen LogP contribution in [-0.2, 0) is 4.79 Å². The highest BCUT2D eigenvalue weighted by Gasteiger charge is 2.04. The van der Waals surface area contributed by atoms with Crippen LogP contribution in [0.4, 0.5) is 0 Å². The summed E-state index contributed by atoms with van der Waals surface area (Å²) in [5.74, 6) is 0.765. The van der Waals surface area contributed by atoms with E-state index in [-0.39, 0.29) is 12.5 Å². The standard InChI is InChI=1S/C18H16ClN3O3S/c19-13-3-5-14(6-4-13)25-12-17(23)20-9-10-24-18-8-7-15(21-22-18)16-2-1-11-26-16/h1-8,11H,9-10,12H2,(H,20,23). The van der Waals surface area contributed by atoms with E-state index < -0.39 is 0 Å². The van der Waals surface area contributed by atoms with Gasteiger partial charge in [0.15, 0.2) is 6.61 Å². The number of ether oxygens (including phenoxy) is 2. The second-order valence-corrected chi connectivity index (χ2v) is 6.56. The van der Waals surface area contributed by atoms with Gasteiger partial charge in [0.2, 0.25) is 5.88 Å². The molecule has 0 unspecified atom stereocenters. The lowest BCUT2D eigenvalue weighted by molar-refractivity contribution is -0.123. The molecule has 0 aliphatic rings. The summed E-state index contributed by atoms with van der Waals surface area (Å²) in [5, 5.41) is 13.5. The number of nitrogens with one attached hydrogen (secondary N) is 1. The first-order chi connectivity index (χ1) is 12.7. The zero-order valence-corrected chi connectivity index (χ0v) is 15.3. The summed E-state index contributed by atoms with van der Waals surface area (Å²) in [5.41, 5.74) is 0.806. The van der Waals surface area contributed by atoms with E-state index >= 15 is 0 Å². The quantitative estimate of drug-likeness (QED) is 0.597. The number of hydrogen-bond acceptors (Lipinski definition) is 6. The normalized spacial score (nSPS) is 10.3. The molecule has 0 fully saturated rings. The molecule has 2 aromatic heterocycles. The first-order valence-corrected chi connectivity index (χ1v) is 9.12. The van der Waals surface area contributed by atoms with E-state index in [0.717, 1.165) is 10.6 Å². The van der Waals surface area contributed by atoms with Crippen LogP contribution in [0.1, 0.15) is 0 Å². The van der Waals surface area contributed by atoms with Crippen LogP contribution in [0.15, 0.2) is 53.9 Å². The molecule has 0 bridgehead atoms. The Morgan fingerprint density at radius 3 is 2.62 bits per heavy atom. The van der Waals surface area contributed by atoms with Crippen molar-refractivity contribution >= 4 is 28.8 Å². The summed E-state index contributed by atoms with van der Waals surface area (Å²) < 4.78 is 10.8. The summed E-state index contributed by atoms with van der Waals surface area (Å²) in [6.45, 7) is 0.563. The fourth-order valence-electron chi connectivity index (χ4n) is 2.03. The second-order valence-electron chi connectivity index (χ2n) is 5.18. The first-order valence-electron chi connectivity index (χ1n) is 7.86. The van der Waals surface area contributed by atoms with Crippen LogP contribution in [0.25, 0.3) is 10.6 Å². The zero-order chi connectivity index (χ0) is 18.2. The lowest BCUT2D eigenvalue weighted by Crippen LogP contribution is -2.32. The average Bonchev–Trinajstić information content (AvgIpc) is 3.20. The number of halogens is 1. The van der Waals surface area contributed by atoms with Gasteiger partial charge in [0, 0.05) is 11.1 Å². The van der Waals surface area contributed by atoms with Crippen molar-refractivity contribution in [3.8, 4) is 22.2 Å². The molecule has 2 heterocycles. The van der Waals surface area contributed by atoms with E-state index in [1.807, 2.05) is 23.6 Å². The molecule has 1 N–H and O–H groups in total. The highest BCUT2D eigenvalue weighted by Crippen LogP contribution is 2.22. The number of carbonyl (C=O) groups is 1. The third-order valence-electron chi connectivity index (χ3n) is 3.27. The lowest BCUT2D eigenvalue weighted by Gasteiger charge is -2.08. The third kappa shape index (κ3) is 5.44. The average molecular weight is 390 g/mol. The predicted octanol–water partition coefficient (Wildman–Crippen LogP) is 3.43. The number of amides is 1.